The van der Waals surface area contributed by atoms with Gasteiger partial charge >= 0.3 is 5.63 Å². The van der Waals surface area contributed by atoms with Gasteiger partial charge in [-0.2, -0.15) is 5.10 Å². The van der Waals surface area contributed by atoms with E-state index in [1.807, 2.05) is 20.8 Å². The van der Waals surface area contributed by atoms with Crippen molar-refractivity contribution in [1.29, 1.82) is 0 Å². The van der Waals surface area contributed by atoms with Crippen LogP contribution in [0.3, 0.4) is 0 Å². The molecule has 4 rings (SSSR count). The van der Waals surface area contributed by atoms with E-state index in [-0.39, 0.29) is 29.6 Å². The number of rotatable bonds is 5. The molecule has 32 heavy (non-hydrogen) atoms. The largest absolute Gasteiger partial charge is 0.484 e. The molecule has 0 saturated carbocycles. The number of ether oxygens (including phenoxy) is 1. The summed E-state index contributed by atoms with van der Waals surface area (Å²) in [4.78, 5) is 24.0. The van der Waals surface area contributed by atoms with Crippen LogP contribution in [0.15, 0.2) is 45.6 Å². The van der Waals surface area contributed by atoms with Crippen LogP contribution in [0.5, 0.6) is 5.75 Å². The van der Waals surface area contributed by atoms with Gasteiger partial charge in [0.1, 0.15) is 17.2 Å². The molecule has 9 nitrogen and oxygen atoms in total. The summed E-state index contributed by atoms with van der Waals surface area (Å²) in [6, 6.07) is 9.40. The molecule has 1 aliphatic rings. The number of sulfone groups is 1. The van der Waals surface area contributed by atoms with E-state index in [0.29, 0.717) is 23.6 Å². The maximum absolute atomic E-state index is 12.6. The predicted molar refractivity (Wildman–Crippen MR) is 120 cm³/mol. The van der Waals surface area contributed by atoms with Crippen molar-refractivity contribution in [3.8, 4) is 5.75 Å². The van der Waals surface area contributed by atoms with E-state index >= 15 is 0 Å². The summed E-state index contributed by atoms with van der Waals surface area (Å²) in [7, 11) is -3.11. The standard InChI is InChI=1S/C22H25N3O6S/c1-22(2,3)18-11-19(25(24-18)15-8-9-32(28,29)13-15)23-20(26)12-30-16-6-4-14-5-7-21(27)31-17(14)10-16/h4-7,10-11,15H,8-9,12-13H2,1-3H3,(H,23,26). The van der Waals surface area contributed by atoms with E-state index < -0.39 is 21.4 Å². The SMILES string of the molecule is CC(C)(C)c1cc(NC(=O)COc2ccc3ccc(=O)oc3c2)n(C2CCS(=O)(=O)C2)n1. The fraction of sp³-hybridized carbons (Fsp3) is 0.409. The van der Waals surface area contributed by atoms with Gasteiger partial charge in [-0.25, -0.2) is 17.9 Å². The van der Waals surface area contributed by atoms with Crippen molar-refractivity contribution < 1.29 is 22.4 Å². The number of fused-ring (bicyclic) bond motifs is 1. The van der Waals surface area contributed by atoms with Gasteiger partial charge in [-0.1, -0.05) is 20.8 Å². The molecule has 1 aliphatic heterocycles. The topological polar surface area (TPSA) is 120 Å². The maximum Gasteiger partial charge on any atom is 0.336 e. The third kappa shape index (κ3) is 4.85. The number of amides is 1. The number of hydrogen-bond acceptors (Lipinski definition) is 7. The minimum Gasteiger partial charge on any atom is -0.484 e. The van der Waals surface area contributed by atoms with Gasteiger partial charge < -0.3 is 14.5 Å². The van der Waals surface area contributed by atoms with E-state index in [4.69, 9.17) is 9.15 Å². The fourth-order valence-electron chi connectivity index (χ4n) is 3.56. The summed E-state index contributed by atoms with van der Waals surface area (Å²) in [5.74, 6) is 0.515. The molecular weight excluding hydrogens is 434 g/mol. The van der Waals surface area contributed by atoms with Crippen molar-refractivity contribution in [3.63, 3.8) is 0 Å². The lowest BCUT2D eigenvalue weighted by molar-refractivity contribution is -0.118. The van der Waals surface area contributed by atoms with Crippen LogP contribution < -0.4 is 15.7 Å². The summed E-state index contributed by atoms with van der Waals surface area (Å²) >= 11 is 0. The maximum atomic E-state index is 12.6. The Bertz CT molecular complexity index is 1330. The lowest BCUT2D eigenvalue weighted by Crippen LogP contribution is -2.24. The molecule has 1 unspecified atom stereocenters. The van der Waals surface area contributed by atoms with Gasteiger partial charge in [-0.05, 0) is 24.6 Å². The van der Waals surface area contributed by atoms with Crippen LogP contribution in [0.25, 0.3) is 11.0 Å². The molecule has 3 heterocycles. The summed E-state index contributed by atoms with van der Waals surface area (Å²) < 4.78 is 36.2. The molecular formula is C22H25N3O6S. The lowest BCUT2D eigenvalue weighted by atomic mass is 9.92. The van der Waals surface area contributed by atoms with Gasteiger partial charge in [0, 0.05) is 29.0 Å². The zero-order valence-electron chi connectivity index (χ0n) is 18.1. The number of carbonyl (C=O) groups excluding carboxylic acids is 1. The van der Waals surface area contributed by atoms with Crippen molar-refractivity contribution in [1.82, 2.24) is 9.78 Å². The first-order valence-electron chi connectivity index (χ1n) is 10.3. The van der Waals surface area contributed by atoms with Gasteiger partial charge in [0.05, 0.1) is 23.2 Å². The smallest absolute Gasteiger partial charge is 0.336 e. The number of hydrogen-bond donors (Lipinski definition) is 1. The fourth-order valence-corrected chi connectivity index (χ4v) is 5.25. The second-order valence-electron chi connectivity index (χ2n) is 8.96. The molecule has 1 atom stereocenters. The third-order valence-electron chi connectivity index (χ3n) is 5.29. The molecule has 0 aliphatic carbocycles. The molecule has 1 amide bonds. The molecule has 1 saturated heterocycles. The van der Waals surface area contributed by atoms with E-state index in [1.54, 1.807) is 35.0 Å². The second-order valence-corrected chi connectivity index (χ2v) is 11.2. The van der Waals surface area contributed by atoms with Crippen molar-refractivity contribution in [2.24, 2.45) is 0 Å². The Kier molecular flexibility index (Phi) is 5.58. The third-order valence-corrected chi connectivity index (χ3v) is 7.04. The Morgan fingerprint density at radius 3 is 2.69 bits per heavy atom. The zero-order valence-corrected chi connectivity index (χ0v) is 18.9. The minimum absolute atomic E-state index is 0.0000740. The van der Waals surface area contributed by atoms with Crippen molar-refractivity contribution in [2.45, 2.75) is 38.6 Å². The number of carbonyl (C=O) groups is 1. The van der Waals surface area contributed by atoms with Crippen molar-refractivity contribution >= 4 is 32.5 Å². The first-order chi connectivity index (χ1) is 15.0. The van der Waals surface area contributed by atoms with Crippen LogP contribution in [0.4, 0.5) is 5.82 Å². The van der Waals surface area contributed by atoms with Gasteiger partial charge in [0.2, 0.25) is 0 Å². The minimum atomic E-state index is -3.11. The first-order valence-corrected chi connectivity index (χ1v) is 12.1. The zero-order chi connectivity index (χ0) is 23.1. The van der Waals surface area contributed by atoms with Crippen LogP contribution in [0, 0.1) is 0 Å². The Morgan fingerprint density at radius 2 is 2.00 bits per heavy atom. The van der Waals surface area contributed by atoms with Gasteiger partial charge in [0.15, 0.2) is 16.4 Å². The number of benzene rings is 1. The van der Waals surface area contributed by atoms with Crippen LogP contribution >= 0.6 is 0 Å². The molecule has 1 aromatic carbocycles. The number of nitrogens with one attached hydrogen (secondary N) is 1. The molecule has 10 heteroatoms. The molecule has 2 aromatic heterocycles. The molecule has 3 aromatic rings. The first kappa shape index (κ1) is 22.1. The van der Waals surface area contributed by atoms with E-state index in [1.165, 1.54) is 6.07 Å². The molecule has 1 fully saturated rings. The van der Waals surface area contributed by atoms with Gasteiger partial charge in [-0.3, -0.25) is 4.79 Å². The van der Waals surface area contributed by atoms with Crippen LogP contribution in [0.1, 0.15) is 38.9 Å². The van der Waals surface area contributed by atoms with E-state index in [9.17, 15) is 18.0 Å². The predicted octanol–water partition coefficient (Wildman–Crippen LogP) is 2.66. The van der Waals surface area contributed by atoms with Gasteiger partial charge in [0.25, 0.3) is 5.91 Å². The quantitative estimate of drug-likeness (QED) is 0.582. The summed E-state index contributed by atoms with van der Waals surface area (Å²) in [6.45, 7) is 5.72. The average molecular weight is 460 g/mol. The normalized spacial score (nSPS) is 18.0. The van der Waals surface area contributed by atoms with Crippen LogP contribution in [-0.4, -0.2) is 42.2 Å². The van der Waals surface area contributed by atoms with Gasteiger partial charge in [-0.15, -0.1) is 0 Å². The number of anilines is 1. The Hall–Kier alpha value is -3.14. The van der Waals surface area contributed by atoms with E-state index in [2.05, 4.69) is 10.4 Å². The Balaban J connectivity index is 1.50. The van der Waals surface area contributed by atoms with E-state index in [0.717, 1.165) is 11.1 Å². The highest BCUT2D eigenvalue weighted by Crippen LogP contribution is 2.31. The Labute approximate surface area is 185 Å². The number of aromatic nitrogens is 2. The highest BCUT2D eigenvalue weighted by molar-refractivity contribution is 7.91. The Morgan fingerprint density at radius 1 is 1.25 bits per heavy atom. The molecule has 0 spiro atoms. The summed E-state index contributed by atoms with van der Waals surface area (Å²) in [5, 5.41) is 8.13. The van der Waals surface area contributed by atoms with Crippen LogP contribution in [-0.2, 0) is 20.0 Å². The second kappa shape index (κ2) is 8.09. The summed E-state index contributed by atoms with van der Waals surface area (Å²) in [5.41, 5.74) is 0.380. The van der Waals surface area contributed by atoms with Crippen molar-refractivity contribution in [2.75, 3.05) is 23.4 Å². The van der Waals surface area contributed by atoms with Crippen molar-refractivity contribution in [3.05, 3.63) is 52.5 Å². The molecule has 0 bridgehead atoms. The molecule has 0 radical (unpaired) electrons. The number of nitrogens with zero attached hydrogens (tertiary/aromatic N) is 2. The van der Waals surface area contributed by atoms with Crippen LogP contribution in [0.2, 0.25) is 0 Å². The molecule has 170 valence electrons. The highest BCUT2D eigenvalue weighted by Gasteiger charge is 2.32. The monoisotopic (exact) mass is 459 g/mol. The molecule has 1 N–H and O–H groups in total. The average Bonchev–Trinajstić information content (AvgIpc) is 3.28. The highest BCUT2D eigenvalue weighted by atomic mass is 32.2. The lowest BCUT2D eigenvalue weighted by Gasteiger charge is -2.15. The summed E-state index contributed by atoms with van der Waals surface area (Å²) in [6.07, 6.45) is 0.454.